The fourth-order valence-corrected chi connectivity index (χ4v) is 2.19. The Morgan fingerprint density at radius 2 is 2.31 bits per heavy atom. The molecular formula is C7H8ClNO3S. The van der Waals surface area contributed by atoms with Gasteiger partial charge in [0, 0.05) is 22.2 Å². The molecule has 0 aromatic carbocycles. The maximum absolute atomic E-state index is 10.8. The van der Waals surface area contributed by atoms with E-state index in [1.165, 1.54) is 6.26 Å². The molecule has 13 heavy (non-hydrogen) atoms. The Morgan fingerprint density at radius 3 is 2.85 bits per heavy atom. The summed E-state index contributed by atoms with van der Waals surface area (Å²) in [5.74, 6) is 0.191. The second kappa shape index (κ2) is 2.99. The van der Waals surface area contributed by atoms with Crippen LogP contribution in [0, 0.1) is 0 Å². The highest BCUT2D eigenvalue weighted by molar-refractivity contribution is 8.13. The molecule has 0 spiro atoms. The van der Waals surface area contributed by atoms with Crippen LogP contribution >= 0.6 is 10.7 Å². The number of aromatic nitrogens is 1. The zero-order valence-corrected chi connectivity index (χ0v) is 8.31. The van der Waals surface area contributed by atoms with Gasteiger partial charge in [0.15, 0.2) is 0 Å². The number of rotatable bonds is 3. The summed E-state index contributed by atoms with van der Waals surface area (Å²) in [6.45, 7) is 0. The van der Waals surface area contributed by atoms with E-state index in [2.05, 4.69) is 5.16 Å². The van der Waals surface area contributed by atoms with Gasteiger partial charge >= 0.3 is 0 Å². The standard InChI is InChI=1S/C7H8ClNO3S/c8-13(10,11)4-6-3-12-9-7(6)5-1-2-5/h3,5H,1-2,4H2. The van der Waals surface area contributed by atoms with Crippen molar-refractivity contribution in [3.63, 3.8) is 0 Å². The zero-order chi connectivity index (χ0) is 9.47. The molecule has 1 fully saturated rings. The lowest BCUT2D eigenvalue weighted by Crippen LogP contribution is -1.97. The van der Waals surface area contributed by atoms with Crippen LogP contribution in [0.15, 0.2) is 10.8 Å². The average Bonchev–Trinajstić information content (AvgIpc) is 2.72. The van der Waals surface area contributed by atoms with Gasteiger partial charge in [0.1, 0.15) is 6.26 Å². The molecule has 72 valence electrons. The molecule has 0 bridgehead atoms. The number of nitrogens with zero attached hydrogens (tertiary/aromatic N) is 1. The van der Waals surface area contributed by atoms with E-state index in [0.717, 1.165) is 18.5 Å². The van der Waals surface area contributed by atoms with E-state index in [1.807, 2.05) is 0 Å². The van der Waals surface area contributed by atoms with Crippen molar-refractivity contribution in [2.24, 2.45) is 0 Å². The first kappa shape index (κ1) is 9.02. The van der Waals surface area contributed by atoms with Crippen molar-refractivity contribution in [3.8, 4) is 0 Å². The van der Waals surface area contributed by atoms with Crippen molar-refractivity contribution < 1.29 is 12.9 Å². The minimum atomic E-state index is -3.50. The maximum Gasteiger partial charge on any atom is 0.236 e. The van der Waals surface area contributed by atoms with E-state index in [-0.39, 0.29) is 5.75 Å². The minimum absolute atomic E-state index is 0.191. The van der Waals surface area contributed by atoms with Crippen LogP contribution < -0.4 is 0 Å². The first-order valence-corrected chi connectivity index (χ1v) is 6.39. The molecule has 0 saturated heterocycles. The molecule has 0 atom stereocenters. The molecule has 0 aliphatic heterocycles. The zero-order valence-electron chi connectivity index (χ0n) is 6.73. The predicted molar refractivity (Wildman–Crippen MR) is 47.0 cm³/mol. The second-order valence-corrected chi connectivity index (χ2v) is 5.96. The monoisotopic (exact) mass is 221 g/mol. The summed E-state index contributed by atoms with van der Waals surface area (Å²) in [5, 5.41) is 3.76. The third-order valence-electron chi connectivity index (χ3n) is 1.97. The van der Waals surface area contributed by atoms with Crippen molar-refractivity contribution in [2.45, 2.75) is 24.5 Å². The summed E-state index contributed by atoms with van der Waals surface area (Å²) in [6, 6.07) is 0. The van der Waals surface area contributed by atoms with E-state index in [0.29, 0.717) is 11.5 Å². The van der Waals surface area contributed by atoms with Crippen LogP contribution in [-0.2, 0) is 14.8 Å². The molecule has 1 aliphatic rings. The molecule has 0 N–H and O–H groups in total. The molecule has 4 nitrogen and oxygen atoms in total. The van der Waals surface area contributed by atoms with Gasteiger partial charge in [-0.1, -0.05) is 5.16 Å². The minimum Gasteiger partial charge on any atom is -0.364 e. The van der Waals surface area contributed by atoms with Crippen molar-refractivity contribution in [3.05, 3.63) is 17.5 Å². The Balaban J connectivity index is 2.24. The molecule has 0 unspecified atom stereocenters. The highest BCUT2D eigenvalue weighted by Gasteiger charge is 2.30. The molecule has 1 aromatic heterocycles. The van der Waals surface area contributed by atoms with Gasteiger partial charge < -0.3 is 4.52 Å². The smallest absolute Gasteiger partial charge is 0.236 e. The van der Waals surface area contributed by atoms with Gasteiger partial charge in [0.05, 0.1) is 11.4 Å². The Labute approximate surface area is 80.3 Å². The van der Waals surface area contributed by atoms with Crippen LogP contribution in [-0.4, -0.2) is 13.6 Å². The predicted octanol–water partition coefficient (Wildman–Crippen LogP) is 1.62. The third kappa shape index (κ3) is 2.22. The Hall–Kier alpha value is -0.550. The van der Waals surface area contributed by atoms with Gasteiger partial charge in [-0.05, 0) is 12.8 Å². The summed E-state index contributed by atoms with van der Waals surface area (Å²) in [5.41, 5.74) is 1.35. The van der Waals surface area contributed by atoms with Gasteiger partial charge in [-0.2, -0.15) is 0 Å². The van der Waals surface area contributed by atoms with E-state index in [4.69, 9.17) is 15.2 Å². The summed E-state index contributed by atoms with van der Waals surface area (Å²) in [6.07, 6.45) is 3.47. The van der Waals surface area contributed by atoms with Crippen molar-refractivity contribution in [1.29, 1.82) is 0 Å². The topological polar surface area (TPSA) is 60.2 Å². The van der Waals surface area contributed by atoms with Gasteiger partial charge in [0.2, 0.25) is 9.05 Å². The molecule has 0 amide bonds. The molecule has 0 radical (unpaired) electrons. The lowest BCUT2D eigenvalue weighted by Gasteiger charge is -1.94. The largest absolute Gasteiger partial charge is 0.364 e. The summed E-state index contributed by atoms with van der Waals surface area (Å²) >= 11 is 0. The molecule has 6 heteroatoms. The van der Waals surface area contributed by atoms with Crippen LogP contribution in [0.2, 0.25) is 0 Å². The second-order valence-electron chi connectivity index (χ2n) is 3.18. The molecule has 1 aromatic rings. The van der Waals surface area contributed by atoms with Gasteiger partial charge in [-0.15, -0.1) is 0 Å². The Kier molecular flexibility index (Phi) is 2.08. The highest BCUT2D eigenvalue weighted by atomic mass is 35.7. The Bertz CT molecular complexity index is 407. The lowest BCUT2D eigenvalue weighted by molar-refractivity contribution is 0.411. The summed E-state index contributed by atoms with van der Waals surface area (Å²) < 4.78 is 26.3. The SMILES string of the molecule is O=S(=O)(Cl)Cc1conc1C1CC1. The lowest BCUT2D eigenvalue weighted by atomic mass is 10.2. The number of hydrogen-bond donors (Lipinski definition) is 0. The molecular weight excluding hydrogens is 214 g/mol. The van der Waals surface area contributed by atoms with Crippen LogP contribution in [0.3, 0.4) is 0 Å². The van der Waals surface area contributed by atoms with Crippen LogP contribution in [0.25, 0.3) is 0 Å². The maximum atomic E-state index is 10.8. The Morgan fingerprint density at radius 1 is 1.62 bits per heavy atom. The molecule has 1 heterocycles. The molecule has 2 rings (SSSR count). The van der Waals surface area contributed by atoms with Gasteiger partial charge in [0.25, 0.3) is 0 Å². The van der Waals surface area contributed by atoms with E-state index < -0.39 is 9.05 Å². The normalized spacial score (nSPS) is 17.6. The van der Waals surface area contributed by atoms with Crippen LogP contribution in [0.5, 0.6) is 0 Å². The van der Waals surface area contributed by atoms with E-state index in [1.54, 1.807) is 0 Å². The summed E-state index contributed by atoms with van der Waals surface area (Å²) in [4.78, 5) is 0. The van der Waals surface area contributed by atoms with Gasteiger partial charge in [-0.3, -0.25) is 0 Å². The van der Waals surface area contributed by atoms with Crippen LogP contribution in [0.4, 0.5) is 0 Å². The first-order chi connectivity index (χ1) is 6.06. The molecule has 1 saturated carbocycles. The fourth-order valence-electron chi connectivity index (χ4n) is 1.25. The third-order valence-corrected chi connectivity index (χ3v) is 2.95. The average molecular weight is 222 g/mol. The van der Waals surface area contributed by atoms with E-state index >= 15 is 0 Å². The van der Waals surface area contributed by atoms with Crippen molar-refractivity contribution >= 4 is 19.7 Å². The fraction of sp³-hybridized carbons (Fsp3) is 0.571. The number of hydrogen-bond acceptors (Lipinski definition) is 4. The highest BCUT2D eigenvalue weighted by Crippen LogP contribution is 2.41. The van der Waals surface area contributed by atoms with Crippen LogP contribution in [0.1, 0.15) is 30.0 Å². The molecule has 1 aliphatic carbocycles. The van der Waals surface area contributed by atoms with Crippen molar-refractivity contribution in [1.82, 2.24) is 5.16 Å². The van der Waals surface area contributed by atoms with Crippen molar-refractivity contribution in [2.75, 3.05) is 0 Å². The van der Waals surface area contributed by atoms with E-state index in [9.17, 15) is 8.42 Å². The quantitative estimate of drug-likeness (QED) is 0.728. The summed E-state index contributed by atoms with van der Waals surface area (Å²) in [7, 11) is 1.62. The first-order valence-electron chi connectivity index (χ1n) is 3.92. The van der Waals surface area contributed by atoms with Gasteiger partial charge in [-0.25, -0.2) is 8.42 Å². The number of halogens is 1.